The van der Waals surface area contributed by atoms with Gasteiger partial charge in [-0.3, -0.25) is 5.73 Å². The summed E-state index contributed by atoms with van der Waals surface area (Å²) in [5, 5.41) is 0. The summed E-state index contributed by atoms with van der Waals surface area (Å²) in [5.41, 5.74) is 7.34. The normalized spacial score (nSPS) is 10.0. The van der Waals surface area contributed by atoms with Crippen LogP contribution >= 0.6 is 0 Å². The molecule has 0 radical (unpaired) electrons. The number of carbonyl (C=O) groups is 1. The molecular weight excluding hydrogens is 200 g/mol. The maximum absolute atomic E-state index is 11.2. The van der Waals surface area contributed by atoms with Crippen LogP contribution in [0.2, 0.25) is 0 Å². The molecule has 0 spiro atoms. The molecule has 0 saturated carbocycles. The number of nitrogens with two attached hydrogens (primary N) is 1. The first-order valence-electron chi connectivity index (χ1n) is 5.10. The highest BCUT2D eigenvalue weighted by molar-refractivity contribution is 5.61. The molecule has 3 heteroatoms. The van der Waals surface area contributed by atoms with Gasteiger partial charge in [0.15, 0.2) is 0 Å². The van der Waals surface area contributed by atoms with E-state index in [9.17, 15) is 4.79 Å². The molecule has 0 unspecified atom stereocenters. The zero-order valence-electron chi connectivity index (χ0n) is 8.84. The number of hydrogen-bond acceptors (Lipinski definition) is 1. The Morgan fingerprint density at radius 3 is 2.44 bits per heavy atom. The van der Waals surface area contributed by atoms with Crippen LogP contribution in [0.4, 0.5) is 4.79 Å². The van der Waals surface area contributed by atoms with Crippen LogP contribution in [0.1, 0.15) is 11.3 Å². The lowest BCUT2D eigenvalue weighted by Crippen LogP contribution is -2.50. The molecule has 0 aliphatic heterocycles. The van der Waals surface area contributed by atoms with Gasteiger partial charge in [-0.1, -0.05) is 36.4 Å². The Kier molecular flexibility index (Phi) is 2.96. The van der Waals surface area contributed by atoms with E-state index in [1.165, 1.54) is 4.57 Å². The van der Waals surface area contributed by atoms with E-state index in [0.29, 0.717) is 6.42 Å². The number of benzene rings is 1. The van der Waals surface area contributed by atoms with Crippen molar-refractivity contribution < 1.29 is 9.36 Å². The number of primary amides is 1. The van der Waals surface area contributed by atoms with E-state index >= 15 is 0 Å². The minimum absolute atomic E-state index is 0.452. The molecule has 1 amide bonds. The first kappa shape index (κ1) is 10.4. The molecule has 0 aliphatic rings. The van der Waals surface area contributed by atoms with Crippen LogP contribution in [-0.2, 0) is 6.42 Å². The molecule has 0 saturated heterocycles. The summed E-state index contributed by atoms with van der Waals surface area (Å²) in [5.74, 6) is 0. The van der Waals surface area contributed by atoms with Crippen molar-refractivity contribution in [3.63, 3.8) is 0 Å². The molecule has 0 bridgehead atoms. The molecule has 2 rings (SSSR count). The summed E-state index contributed by atoms with van der Waals surface area (Å²) in [7, 11) is 0. The molecule has 0 aliphatic carbocycles. The van der Waals surface area contributed by atoms with Gasteiger partial charge in [-0.05, 0) is 17.7 Å². The van der Waals surface area contributed by atoms with Crippen LogP contribution in [0.25, 0.3) is 0 Å². The molecule has 1 heterocycles. The summed E-state index contributed by atoms with van der Waals surface area (Å²) >= 11 is 0. The van der Waals surface area contributed by atoms with Crippen LogP contribution < -0.4 is 10.3 Å². The van der Waals surface area contributed by atoms with E-state index in [1.807, 2.05) is 42.5 Å². The van der Waals surface area contributed by atoms with Crippen LogP contribution in [0.5, 0.6) is 0 Å². The third-order valence-corrected chi connectivity index (χ3v) is 2.41. The third-order valence-electron chi connectivity index (χ3n) is 2.41. The average molecular weight is 213 g/mol. The molecule has 0 fully saturated rings. The van der Waals surface area contributed by atoms with Gasteiger partial charge >= 0.3 is 6.03 Å². The minimum Gasteiger partial charge on any atom is -0.250 e. The van der Waals surface area contributed by atoms with E-state index in [4.69, 9.17) is 5.73 Å². The first-order chi connectivity index (χ1) is 7.77. The Balaban J connectivity index is 2.31. The van der Waals surface area contributed by atoms with Crippen molar-refractivity contribution in [2.75, 3.05) is 0 Å². The van der Waals surface area contributed by atoms with Crippen molar-refractivity contribution in [3.05, 3.63) is 66.0 Å². The maximum atomic E-state index is 11.2. The van der Waals surface area contributed by atoms with E-state index < -0.39 is 6.03 Å². The molecule has 16 heavy (non-hydrogen) atoms. The van der Waals surface area contributed by atoms with Gasteiger partial charge in [0.1, 0.15) is 5.69 Å². The average Bonchev–Trinajstić information content (AvgIpc) is 2.31. The Hall–Kier alpha value is -2.16. The highest BCUT2D eigenvalue weighted by Crippen LogP contribution is 2.04. The number of hydrogen-bond donors (Lipinski definition) is 1. The summed E-state index contributed by atoms with van der Waals surface area (Å²) in [6.07, 6.45) is 2.38. The molecule has 1 aromatic heterocycles. The van der Waals surface area contributed by atoms with E-state index in [2.05, 4.69) is 0 Å². The van der Waals surface area contributed by atoms with Crippen LogP contribution in [-0.4, -0.2) is 6.03 Å². The standard InChI is InChI=1S/C13H12N2O/c14-13(16)15-9-5-4-8-12(15)10-11-6-2-1-3-7-11/h1-9H,10H2,(H-,14,16)/p+1. The smallest absolute Gasteiger partial charge is 0.250 e. The quantitative estimate of drug-likeness (QED) is 0.755. The predicted molar refractivity (Wildman–Crippen MR) is 60.9 cm³/mol. The fraction of sp³-hybridized carbons (Fsp3) is 0.0769. The van der Waals surface area contributed by atoms with Gasteiger partial charge in [-0.2, -0.15) is 9.36 Å². The van der Waals surface area contributed by atoms with Gasteiger partial charge in [0, 0.05) is 6.42 Å². The number of rotatable bonds is 2. The fourth-order valence-electron chi connectivity index (χ4n) is 1.64. The summed E-state index contributed by atoms with van der Waals surface area (Å²) < 4.78 is 1.47. The monoisotopic (exact) mass is 213 g/mol. The number of carbonyl (C=O) groups excluding carboxylic acids is 1. The van der Waals surface area contributed by atoms with Gasteiger partial charge < -0.3 is 0 Å². The Bertz CT molecular complexity index is 494. The highest BCUT2D eigenvalue weighted by Gasteiger charge is 2.11. The van der Waals surface area contributed by atoms with Gasteiger partial charge in [0.2, 0.25) is 0 Å². The second-order valence-electron chi connectivity index (χ2n) is 3.56. The van der Waals surface area contributed by atoms with E-state index in [0.717, 1.165) is 11.3 Å². The largest absolute Gasteiger partial charge is 0.493 e. The fourth-order valence-corrected chi connectivity index (χ4v) is 1.64. The lowest BCUT2D eigenvalue weighted by Gasteiger charge is -2.03. The second kappa shape index (κ2) is 4.57. The SMILES string of the molecule is NC(=O)[n+]1ccccc1Cc1ccccc1. The summed E-state index contributed by atoms with van der Waals surface area (Å²) in [4.78, 5) is 11.2. The van der Waals surface area contributed by atoms with Gasteiger partial charge in [0.25, 0.3) is 0 Å². The molecule has 0 atom stereocenters. The van der Waals surface area contributed by atoms with Crippen molar-refractivity contribution in [2.45, 2.75) is 6.42 Å². The number of pyridine rings is 1. The maximum Gasteiger partial charge on any atom is 0.493 e. The zero-order chi connectivity index (χ0) is 11.4. The van der Waals surface area contributed by atoms with Crippen molar-refractivity contribution in [2.24, 2.45) is 5.73 Å². The predicted octanol–water partition coefficient (Wildman–Crippen LogP) is 1.49. The van der Waals surface area contributed by atoms with E-state index in [1.54, 1.807) is 12.3 Å². The van der Waals surface area contributed by atoms with Crippen molar-refractivity contribution >= 4 is 6.03 Å². The Morgan fingerprint density at radius 1 is 1.06 bits per heavy atom. The third kappa shape index (κ3) is 2.25. The Morgan fingerprint density at radius 2 is 1.75 bits per heavy atom. The molecule has 3 nitrogen and oxygen atoms in total. The highest BCUT2D eigenvalue weighted by atomic mass is 16.2. The van der Waals surface area contributed by atoms with Crippen LogP contribution in [0.15, 0.2) is 54.7 Å². The van der Waals surface area contributed by atoms with Gasteiger partial charge in [-0.15, -0.1) is 0 Å². The number of amides is 1. The van der Waals surface area contributed by atoms with Gasteiger partial charge in [-0.25, -0.2) is 0 Å². The molecule has 80 valence electrons. The molecule has 1 aromatic carbocycles. The first-order valence-corrected chi connectivity index (χ1v) is 5.10. The second-order valence-corrected chi connectivity index (χ2v) is 3.56. The number of nitrogens with zero attached hydrogens (tertiary/aromatic N) is 1. The lowest BCUT2D eigenvalue weighted by molar-refractivity contribution is -0.578. The molecule has 2 aromatic rings. The molecular formula is C13H13N2O+. The summed E-state index contributed by atoms with van der Waals surface area (Å²) in [6.45, 7) is 0. The van der Waals surface area contributed by atoms with Crippen molar-refractivity contribution in [1.29, 1.82) is 0 Å². The van der Waals surface area contributed by atoms with Crippen LogP contribution in [0.3, 0.4) is 0 Å². The van der Waals surface area contributed by atoms with Gasteiger partial charge in [0.05, 0.1) is 6.20 Å². The van der Waals surface area contributed by atoms with Crippen LogP contribution in [0, 0.1) is 0 Å². The molecule has 2 N–H and O–H groups in total. The van der Waals surface area contributed by atoms with Crippen molar-refractivity contribution in [1.82, 2.24) is 0 Å². The topological polar surface area (TPSA) is 47.0 Å². The van der Waals surface area contributed by atoms with E-state index in [-0.39, 0.29) is 0 Å². The van der Waals surface area contributed by atoms with Crippen molar-refractivity contribution in [3.8, 4) is 0 Å². The zero-order valence-corrected chi connectivity index (χ0v) is 8.84. The minimum atomic E-state index is -0.452. The Labute approximate surface area is 94.1 Å². The number of aromatic nitrogens is 1. The summed E-state index contributed by atoms with van der Waals surface area (Å²) in [6, 6.07) is 15.1. The lowest BCUT2D eigenvalue weighted by atomic mass is 10.1.